The Labute approximate surface area is 170 Å². The number of rotatable bonds is 7. The number of ether oxygens (including phenoxy) is 1. The van der Waals surface area contributed by atoms with Crippen molar-refractivity contribution in [2.75, 3.05) is 39.1 Å². The van der Waals surface area contributed by atoms with E-state index in [0.29, 0.717) is 30.1 Å². The van der Waals surface area contributed by atoms with Gasteiger partial charge in [-0.2, -0.15) is 0 Å². The first-order valence-corrected chi connectivity index (χ1v) is 10.5. The average molecular weight is 402 g/mol. The number of hydrogen-bond donors (Lipinski definition) is 1. The number of thiophene rings is 1. The summed E-state index contributed by atoms with van der Waals surface area (Å²) in [6.45, 7) is 2.07. The monoisotopic (exact) mass is 401 g/mol. The Hall–Kier alpha value is -2.38. The van der Waals surface area contributed by atoms with Crippen molar-refractivity contribution in [3.8, 4) is 5.75 Å². The fraction of sp³-hybridized carbons (Fsp3) is 0.429. The molecule has 150 valence electrons. The normalized spacial score (nSPS) is 16.8. The number of anilines is 1. The largest absolute Gasteiger partial charge is 0.492 e. The quantitative estimate of drug-likeness (QED) is 0.773. The molecule has 1 aliphatic heterocycles. The predicted octanol–water partition coefficient (Wildman–Crippen LogP) is 3.32. The van der Waals surface area contributed by atoms with Crippen LogP contribution < -0.4 is 10.1 Å². The van der Waals surface area contributed by atoms with Gasteiger partial charge in [-0.3, -0.25) is 9.59 Å². The zero-order valence-corrected chi connectivity index (χ0v) is 17.2. The van der Waals surface area contributed by atoms with Crippen LogP contribution >= 0.6 is 11.3 Å². The molecule has 1 N–H and O–H groups in total. The van der Waals surface area contributed by atoms with E-state index >= 15 is 0 Å². The van der Waals surface area contributed by atoms with E-state index in [2.05, 4.69) is 10.2 Å². The topological polar surface area (TPSA) is 61.9 Å². The molecule has 2 aromatic rings. The molecule has 0 bridgehead atoms. The van der Waals surface area contributed by atoms with Crippen LogP contribution in [0.1, 0.15) is 28.9 Å². The van der Waals surface area contributed by atoms with Crippen LogP contribution in [-0.2, 0) is 4.79 Å². The SMILES string of the molecule is CN(C)CCOc1ccc(NC(=O)C2CCCCN2C(=O)c2cccs2)cc1. The number of nitrogens with one attached hydrogen (secondary N) is 1. The smallest absolute Gasteiger partial charge is 0.264 e. The lowest BCUT2D eigenvalue weighted by Gasteiger charge is -2.34. The van der Waals surface area contributed by atoms with Gasteiger partial charge in [0.2, 0.25) is 5.91 Å². The first-order valence-electron chi connectivity index (χ1n) is 9.57. The van der Waals surface area contributed by atoms with Crippen molar-refractivity contribution in [1.29, 1.82) is 0 Å². The lowest BCUT2D eigenvalue weighted by atomic mass is 10.0. The van der Waals surface area contributed by atoms with Crippen molar-refractivity contribution < 1.29 is 14.3 Å². The van der Waals surface area contributed by atoms with Gasteiger partial charge >= 0.3 is 0 Å². The molecule has 1 aliphatic rings. The lowest BCUT2D eigenvalue weighted by Crippen LogP contribution is -2.49. The van der Waals surface area contributed by atoms with E-state index in [1.807, 2.05) is 55.9 Å². The van der Waals surface area contributed by atoms with Gasteiger partial charge < -0.3 is 19.9 Å². The maximum atomic E-state index is 12.8. The van der Waals surface area contributed by atoms with Gasteiger partial charge in [-0.05, 0) is 69.1 Å². The highest BCUT2D eigenvalue weighted by molar-refractivity contribution is 7.12. The predicted molar refractivity (Wildman–Crippen MR) is 112 cm³/mol. The summed E-state index contributed by atoms with van der Waals surface area (Å²) in [5.41, 5.74) is 0.707. The Morgan fingerprint density at radius 2 is 2.00 bits per heavy atom. The number of amides is 2. The standard InChI is InChI=1S/C21H27N3O3S/c1-23(2)13-14-27-17-10-8-16(9-11-17)22-20(25)18-6-3-4-12-24(18)21(26)19-7-5-15-28-19/h5,7-11,15,18H,3-4,6,12-14H2,1-2H3,(H,22,25). The van der Waals surface area contributed by atoms with Gasteiger partial charge in [-0.15, -0.1) is 11.3 Å². The number of carbonyl (C=O) groups excluding carboxylic acids is 2. The Bertz CT molecular complexity index is 775. The minimum absolute atomic E-state index is 0.0560. The van der Waals surface area contributed by atoms with Gasteiger partial charge in [0.1, 0.15) is 18.4 Å². The fourth-order valence-corrected chi connectivity index (χ4v) is 3.87. The molecule has 7 heteroatoms. The van der Waals surface area contributed by atoms with Crippen LogP contribution in [-0.4, -0.2) is 61.4 Å². The number of carbonyl (C=O) groups is 2. The van der Waals surface area contributed by atoms with Crippen molar-refractivity contribution in [3.63, 3.8) is 0 Å². The van der Waals surface area contributed by atoms with Crippen molar-refractivity contribution in [3.05, 3.63) is 46.7 Å². The number of likely N-dealkylation sites (N-methyl/N-ethyl adjacent to an activating group) is 1. The number of likely N-dealkylation sites (tertiary alicyclic amines) is 1. The number of piperidine rings is 1. The molecule has 3 rings (SSSR count). The van der Waals surface area contributed by atoms with E-state index in [-0.39, 0.29) is 11.8 Å². The molecule has 1 unspecified atom stereocenters. The summed E-state index contributed by atoms with van der Waals surface area (Å²) in [4.78, 5) is 30.1. The number of nitrogens with zero attached hydrogens (tertiary/aromatic N) is 2. The van der Waals surface area contributed by atoms with Crippen LogP contribution in [0, 0.1) is 0 Å². The zero-order chi connectivity index (χ0) is 19.9. The Morgan fingerprint density at radius 1 is 1.21 bits per heavy atom. The molecule has 1 aromatic heterocycles. The van der Waals surface area contributed by atoms with Crippen molar-refractivity contribution >= 4 is 28.8 Å². The molecule has 1 fully saturated rings. The second kappa shape index (κ2) is 9.71. The van der Waals surface area contributed by atoms with E-state index in [0.717, 1.165) is 25.1 Å². The highest BCUT2D eigenvalue weighted by Crippen LogP contribution is 2.23. The zero-order valence-electron chi connectivity index (χ0n) is 16.4. The summed E-state index contributed by atoms with van der Waals surface area (Å²) in [6, 6.07) is 10.6. The summed E-state index contributed by atoms with van der Waals surface area (Å²) >= 11 is 1.41. The summed E-state index contributed by atoms with van der Waals surface area (Å²) < 4.78 is 5.68. The third kappa shape index (κ3) is 5.33. The van der Waals surface area contributed by atoms with Crippen LogP contribution in [0.2, 0.25) is 0 Å². The summed E-state index contributed by atoms with van der Waals surface area (Å²) in [6.07, 6.45) is 2.57. The van der Waals surface area contributed by atoms with E-state index in [9.17, 15) is 9.59 Å². The minimum atomic E-state index is -0.431. The van der Waals surface area contributed by atoms with Crippen LogP contribution in [0.15, 0.2) is 41.8 Å². The molecular weight excluding hydrogens is 374 g/mol. The molecule has 0 aliphatic carbocycles. The van der Waals surface area contributed by atoms with Crippen molar-refractivity contribution in [1.82, 2.24) is 9.80 Å². The Morgan fingerprint density at radius 3 is 2.68 bits per heavy atom. The van der Waals surface area contributed by atoms with E-state index in [1.165, 1.54) is 11.3 Å². The molecule has 2 heterocycles. The first-order chi connectivity index (χ1) is 13.5. The van der Waals surface area contributed by atoms with Gasteiger partial charge in [0, 0.05) is 18.8 Å². The maximum Gasteiger partial charge on any atom is 0.264 e. The summed E-state index contributed by atoms with van der Waals surface area (Å²) in [7, 11) is 4.00. The average Bonchev–Trinajstić information content (AvgIpc) is 3.23. The van der Waals surface area contributed by atoms with Crippen LogP contribution in [0.25, 0.3) is 0 Å². The Balaban J connectivity index is 1.60. The molecule has 1 saturated heterocycles. The minimum Gasteiger partial charge on any atom is -0.492 e. The number of hydrogen-bond acceptors (Lipinski definition) is 5. The molecule has 2 amide bonds. The van der Waals surface area contributed by atoms with Crippen molar-refractivity contribution in [2.45, 2.75) is 25.3 Å². The second-order valence-corrected chi connectivity index (χ2v) is 8.10. The molecule has 0 radical (unpaired) electrons. The summed E-state index contributed by atoms with van der Waals surface area (Å²) in [5.74, 6) is 0.581. The van der Waals surface area contributed by atoms with Gasteiger partial charge in [0.15, 0.2) is 0 Å². The molecular formula is C21H27N3O3S. The van der Waals surface area contributed by atoms with Crippen LogP contribution in [0.5, 0.6) is 5.75 Å². The van der Waals surface area contributed by atoms with Crippen molar-refractivity contribution in [2.24, 2.45) is 0 Å². The highest BCUT2D eigenvalue weighted by Gasteiger charge is 2.33. The molecule has 1 aromatic carbocycles. The molecule has 0 spiro atoms. The second-order valence-electron chi connectivity index (χ2n) is 7.15. The molecule has 0 saturated carbocycles. The fourth-order valence-electron chi connectivity index (χ4n) is 3.20. The highest BCUT2D eigenvalue weighted by atomic mass is 32.1. The Kier molecular flexibility index (Phi) is 7.06. The lowest BCUT2D eigenvalue weighted by molar-refractivity contribution is -0.121. The third-order valence-corrected chi connectivity index (χ3v) is 5.59. The first kappa shape index (κ1) is 20.4. The molecule has 6 nitrogen and oxygen atoms in total. The van der Waals surface area contributed by atoms with Gasteiger partial charge in [0.25, 0.3) is 5.91 Å². The van der Waals surface area contributed by atoms with E-state index in [1.54, 1.807) is 4.90 Å². The maximum absolute atomic E-state index is 12.8. The molecule has 1 atom stereocenters. The van der Waals surface area contributed by atoms with Gasteiger partial charge in [-0.1, -0.05) is 6.07 Å². The number of benzene rings is 1. The van der Waals surface area contributed by atoms with Gasteiger partial charge in [-0.25, -0.2) is 0 Å². The molecule has 28 heavy (non-hydrogen) atoms. The summed E-state index contributed by atoms with van der Waals surface area (Å²) in [5, 5.41) is 4.83. The van der Waals surface area contributed by atoms with E-state index < -0.39 is 6.04 Å². The van der Waals surface area contributed by atoms with E-state index in [4.69, 9.17) is 4.74 Å². The van der Waals surface area contributed by atoms with Crippen LogP contribution in [0.3, 0.4) is 0 Å². The van der Waals surface area contributed by atoms with Gasteiger partial charge in [0.05, 0.1) is 4.88 Å². The third-order valence-electron chi connectivity index (χ3n) is 4.73. The van der Waals surface area contributed by atoms with Crippen LogP contribution in [0.4, 0.5) is 5.69 Å².